The number of nitrogens with one attached hydrogen (secondary N) is 1. The monoisotopic (exact) mass is 311 g/mol. The van der Waals surface area contributed by atoms with Gasteiger partial charge in [0.1, 0.15) is 6.04 Å². The van der Waals surface area contributed by atoms with Crippen molar-refractivity contribution in [1.29, 1.82) is 0 Å². The number of carbonyl (C=O) groups is 3. The Morgan fingerprint density at radius 3 is 2.71 bits per heavy atom. The SMILES string of the molecule is COC(=O)CC[C@H](NC(=O)/C=C/c1sccc1C)C(=O)O. The van der Waals surface area contributed by atoms with Crippen LogP contribution in [0.15, 0.2) is 17.5 Å². The van der Waals surface area contributed by atoms with E-state index in [1.54, 1.807) is 6.08 Å². The maximum Gasteiger partial charge on any atom is 0.326 e. The summed E-state index contributed by atoms with van der Waals surface area (Å²) in [5.74, 6) is -2.21. The number of carboxylic acid groups (broad SMARTS) is 1. The molecule has 0 bridgehead atoms. The second kappa shape index (κ2) is 8.21. The van der Waals surface area contributed by atoms with Gasteiger partial charge in [-0.2, -0.15) is 0 Å². The van der Waals surface area contributed by atoms with Gasteiger partial charge in [-0.1, -0.05) is 0 Å². The summed E-state index contributed by atoms with van der Waals surface area (Å²) >= 11 is 1.49. The van der Waals surface area contributed by atoms with Crippen LogP contribution in [0.1, 0.15) is 23.3 Å². The van der Waals surface area contributed by atoms with E-state index in [2.05, 4.69) is 10.1 Å². The molecular formula is C14H17NO5S. The van der Waals surface area contributed by atoms with E-state index in [0.717, 1.165) is 10.4 Å². The van der Waals surface area contributed by atoms with Crippen molar-refractivity contribution in [2.75, 3.05) is 7.11 Å². The van der Waals surface area contributed by atoms with E-state index >= 15 is 0 Å². The molecule has 0 saturated carbocycles. The zero-order valence-corrected chi connectivity index (χ0v) is 12.6. The van der Waals surface area contributed by atoms with Gasteiger partial charge in [-0.15, -0.1) is 11.3 Å². The summed E-state index contributed by atoms with van der Waals surface area (Å²) in [6.45, 7) is 1.92. The number of carboxylic acids is 1. The molecule has 114 valence electrons. The minimum Gasteiger partial charge on any atom is -0.480 e. The minimum atomic E-state index is -1.19. The van der Waals surface area contributed by atoms with Gasteiger partial charge in [0.05, 0.1) is 7.11 Å². The first-order valence-corrected chi connectivity index (χ1v) is 7.14. The smallest absolute Gasteiger partial charge is 0.326 e. The lowest BCUT2D eigenvalue weighted by Crippen LogP contribution is -2.40. The molecule has 1 atom stereocenters. The van der Waals surface area contributed by atoms with Crippen molar-refractivity contribution < 1.29 is 24.2 Å². The Kier molecular flexibility index (Phi) is 6.61. The number of amides is 1. The molecule has 1 heterocycles. The second-order valence-electron chi connectivity index (χ2n) is 4.32. The van der Waals surface area contributed by atoms with Crippen molar-refractivity contribution in [2.45, 2.75) is 25.8 Å². The molecule has 1 aromatic heterocycles. The predicted molar refractivity (Wildman–Crippen MR) is 78.9 cm³/mol. The van der Waals surface area contributed by atoms with Crippen molar-refractivity contribution in [3.05, 3.63) is 28.0 Å². The number of carbonyl (C=O) groups excluding carboxylic acids is 2. The first kappa shape index (κ1) is 16.9. The molecule has 2 N–H and O–H groups in total. The Labute approximate surface area is 126 Å². The summed E-state index contributed by atoms with van der Waals surface area (Å²) in [4.78, 5) is 34.7. The highest BCUT2D eigenvalue weighted by Crippen LogP contribution is 2.16. The van der Waals surface area contributed by atoms with Crippen molar-refractivity contribution in [2.24, 2.45) is 0 Å². The number of rotatable bonds is 7. The number of esters is 1. The van der Waals surface area contributed by atoms with Gasteiger partial charge in [0, 0.05) is 17.4 Å². The third-order valence-electron chi connectivity index (χ3n) is 2.77. The molecule has 0 aliphatic heterocycles. The molecule has 0 radical (unpaired) electrons. The number of methoxy groups -OCH3 is 1. The number of ether oxygens (including phenoxy) is 1. The molecule has 1 rings (SSSR count). The van der Waals surface area contributed by atoms with Gasteiger partial charge in [-0.3, -0.25) is 9.59 Å². The largest absolute Gasteiger partial charge is 0.480 e. The fraction of sp³-hybridized carbons (Fsp3) is 0.357. The highest BCUT2D eigenvalue weighted by molar-refractivity contribution is 7.11. The Hall–Kier alpha value is -2.15. The van der Waals surface area contributed by atoms with Gasteiger partial charge in [0.2, 0.25) is 5.91 Å². The molecule has 0 unspecified atom stereocenters. The van der Waals surface area contributed by atoms with Gasteiger partial charge < -0.3 is 15.2 Å². The lowest BCUT2D eigenvalue weighted by Gasteiger charge is -2.12. The molecule has 1 aromatic rings. The van der Waals surface area contributed by atoms with Crippen LogP contribution in [0.5, 0.6) is 0 Å². The molecule has 0 saturated heterocycles. The summed E-state index contributed by atoms with van der Waals surface area (Å²) in [7, 11) is 1.22. The summed E-state index contributed by atoms with van der Waals surface area (Å²) < 4.78 is 4.44. The van der Waals surface area contributed by atoms with Crippen LogP contribution >= 0.6 is 11.3 Å². The highest BCUT2D eigenvalue weighted by Gasteiger charge is 2.20. The van der Waals surface area contributed by atoms with E-state index < -0.39 is 23.9 Å². The summed E-state index contributed by atoms with van der Waals surface area (Å²) in [5.41, 5.74) is 1.05. The quantitative estimate of drug-likeness (QED) is 0.589. The molecule has 0 aromatic carbocycles. The maximum absolute atomic E-state index is 11.7. The molecule has 1 amide bonds. The van der Waals surface area contributed by atoms with Crippen LogP contribution in [-0.4, -0.2) is 36.1 Å². The van der Waals surface area contributed by atoms with Crippen LogP contribution in [0.25, 0.3) is 6.08 Å². The predicted octanol–water partition coefficient (Wildman–Crippen LogP) is 1.59. The summed E-state index contributed by atoms with van der Waals surface area (Å²) in [5, 5.41) is 13.3. The lowest BCUT2D eigenvalue weighted by atomic mass is 10.1. The van der Waals surface area contributed by atoms with Crippen molar-refractivity contribution in [3.8, 4) is 0 Å². The zero-order valence-electron chi connectivity index (χ0n) is 11.8. The van der Waals surface area contributed by atoms with Crippen LogP contribution in [-0.2, 0) is 19.1 Å². The normalized spacial score (nSPS) is 12.1. The molecule has 6 nitrogen and oxygen atoms in total. The zero-order chi connectivity index (χ0) is 15.8. The average molecular weight is 311 g/mol. The average Bonchev–Trinajstić information content (AvgIpc) is 2.85. The Morgan fingerprint density at radius 2 is 2.19 bits per heavy atom. The summed E-state index contributed by atoms with van der Waals surface area (Å²) in [6, 6.07) is 0.809. The van der Waals surface area contributed by atoms with E-state index in [-0.39, 0.29) is 12.8 Å². The van der Waals surface area contributed by atoms with Crippen molar-refractivity contribution in [1.82, 2.24) is 5.32 Å². The Bertz CT molecular complexity index is 549. The van der Waals surface area contributed by atoms with Crippen LogP contribution in [0.4, 0.5) is 0 Å². The highest BCUT2D eigenvalue weighted by atomic mass is 32.1. The van der Waals surface area contributed by atoms with Gasteiger partial charge in [-0.05, 0) is 36.4 Å². The number of aliphatic carboxylic acids is 1. The summed E-state index contributed by atoms with van der Waals surface area (Å²) in [6.07, 6.45) is 2.84. The molecule has 21 heavy (non-hydrogen) atoms. The fourth-order valence-electron chi connectivity index (χ4n) is 1.55. The first-order chi connectivity index (χ1) is 9.93. The van der Waals surface area contributed by atoms with Crippen LogP contribution < -0.4 is 5.32 Å². The maximum atomic E-state index is 11.7. The molecule has 0 fully saturated rings. The van der Waals surface area contributed by atoms with E-state index in [4.69, 9.17) is 5.11 Å². The molecular weight excluding hydrogens is 294 g/mol. The van der Waals surface area contributed by atoms with E-state index in [9.17, 15) is 14.4 Å². The standard InChI is InChI=1S/C14H17NO5S/c1-9-7-8-21-11(9)4-5-12(16)15-10(14(18)19)3-6-13(17)20-2/h4-5,7-8,10H,3,6H2,1-2H3,(H,15,16)(H,18,19)/b5-4+/t10-/m0/s1. The molecule has 0 aliphatic carbocycles. The number of thiophene rings is 1. The van der Waals surface area contributed by atoms with Gasteiger partial charge in [0.15, 0.2) is 0 Å². The molecule has 0 aliphatic rings. The van der Waals surface area contributed by atoms with Crippen LogP contribution in [0, 0.1) is 6.92 Å². The van der Waals surface area contributed by atoms with E-state index in [1.807, 2.05) is 18.4 Å². The van der Waals surface area contributed by atoms with Crippen LogP contribution in [0.2, 0.25) is 0 Å². The van der Waals surface area contributed by atoms with E-state index in [1.165, 1.54) is 24.5 Å². The topological polar surface area (TPSA) is 92.7 Å². The van der Waals surface area contributed by atoms with E-state index in [0.29, 0.717) is 0 Å². The lowest BCUT2D eigenvalue weighted by molar-refractivity contribution is -0.143. The second-order valence-corrected chi connectivity index (χ2v) is 5.26. The molecule has 0 spiro atoms. The number of hydrogen-bond donors (Lipinski definition) is 2. The van der Waals surface area contributed by atoms with Gasteiger partial charge in [-0.25, -0.2) is 4.79 Å². The van der Waals surface area contributed by atoms with Gasteiger partial charge >= 0.3 is 11.9 Å². The Balaban J connectivity index is 2.56. The number of hydrogen-bond acceptors (Lipinski definition) is 5. The van der Waals surface area contributed by atoms with Crippen LogP contribution in [0.3, 0.4) is 0 Å². The number of aryl methyl sites for hydroxylation is 1. The third kappa shape index (κ3) is 5.78. The third-order valence-corrected chi connectivity index (χ3v) is 3.75. The first-order valence-electron chi connectivity index (χ1n) is 6.26. The van der Waals surface area contributed by atoms with Gasteiger partial charge in [0.25, 0.3) is 0 Å². The fourth-order valence-corrected chi connectivity index (χ4v) is 2.37. The minimum absolute atomic E-state index is 0.0143. The van der Waals surface area contributed by atoms with Crippen molar-refractivity contribution in [3.63, 3.8) is 0 Å². The molecule has 7 heteroatoms. The Morgan fingerprint density at radius 1 is 1.48 bits per heavy atom. The van der Waals surface area contributed by atoms with Crippen molar-refractivity contribution >= 4 is 35.3 Å².